The number of carbonyl (C=O) groups excluding carboxylic acids is 1. The Kier molecular flexibility index (Phi) is 6.17. The van der Waals surface area contributed by atoms with Crippen molar-refractivity contribution >= 4 is 29.0 Å². The van der Waals surface area contributed by atoms with Crippen molar-refractivity contribution in [3.05, 3.63) is 44.1 Å². The molecule has 2 heterocycles. The molecule has 0 aromatic carbocycles. The largest absolute Gasteiger partial charge is 0.347 e. The molecule has 1 unspecified atom stereocenters. The van der Waals surface area contributed by atoms with Gasteiger partial charge in [0.25, 0.3) is 0 Å². The van der Waals surface area contributed by atoms with Crippen molar-refractivity contribution in [3.8, 4) is 6.07 Å². The molecule has 0 spiro atoms. The van der Waals surface area contributed by atoms with E-state index < -0.39 is 5.69 Å². The zero-order valence-corrected chi connectivity index (χ0v) is 15.3. The number of aromatic nitrogens is 2. The van der Waals surface area contributed by atoms with Crippen LogP contribution >= 0.6 is 23.1 Å². The minimum atomic E-state index is -0.520. The predicted molar refractivity (Wildman–Crippen MR) is 95.1 cm³/mol. The van der Waals surface area contributed by atoms with Gasteiger partial charge in [-0.3, -0.25) is 4.79 Å². The van der Waals surface area contributed by atoms with Crippen molar-refractivity contribution in [3.63, 3.8) is 0 Å². The fourth-order valence-corrected chi connectivity index (χ4v) is 3.97. The van der Waals surface area contributed by atoms with Crippen LogP contribution in [0.4, 0.5) is 0 Å². The third kappa shape index (κ3) is 4.46. The molecule has 8 heteroatoms. The first-order valence-electron chi connectivity index (χ1n) is 7.39. The summed E-state index contributed by atoms with van der Waals surface area (Å²) in [6.07, 6.45) is 0. The molecule has 0 aliphatic heterocycles. The van der Waals surface area contributed by atoms with Gasteiger partial charge in [-0.2, -0.15) is 10.2 Å². The van der Waals surface area contributed by atoms with Crippen LogP contribution in [0.1, 0.15) is 36.0 Å². The predicted octanol–water partition coefficient (Wildman–Crippen LogP) is 2.62. The van der Waals surface area contributed by atoms with Crippen LogP contribution in [0.5, 0.6) is 0 Å². The summed E-state index contributed by atoms with van der Waals surface area (Å²) in [7, 11) is 0. The summed E-state index contributed by atoms with van der Waals surface area (Å²) in [6, 6.07) is 5.91. The van der Waals surface area contributed by atoms with Crippen molar-refractivity contribution in [1.29, 1.82) is 5.26 Å². The summed E-state index contributed by atoms with van der Waals surface area (Å²) >= 11 is 2.70. The molecule has 1 atom stereocenters. The molecule has 2 N–H and O–H groups in total. The Hall–Kier alpha value is -2.11. The molecule has 0 fully saturated rings. The highest BCUT2D eigenvalue weighted by atomic mass is 32.2. The van der Waals surface area contributed by atoms with Gasteiger partial charge in [0, 0.05) is 10.6 Å². The van der Waals surface area contributed by atoms with E-state index in [0.29, 0.717) is 11.3 Å². The minimum Gasteiger partial charge on any atom is -0.347 e. The molecule has 0 radical (unpaired) electrons. The number of thioether (sulfide) groups is 1. The van der Waals surface area contributed by atoms with Gasteiger partial charge in [-0.25, -0.2) is 4.79 Å². The van der Waals surface area contributed by atoms with Crippen molar-refractivity contribution in [1.82, 2.24) is 15.3 Å². The van der Waals surface area contributed by atoms with Crippen LogP contribution in [0.3, 0.4) is 0 Å². The van der Waals surface area contributed by atoms with Crippen LogP contribution in [0.15, 0.2) is 27.3 Å². The zero-order valence-electron chi connectivity index (χ0n) is 13.6. The number of nitriles is 1. The highest BCUT2D eigenvalue weighted by molar-refractivity contribution is 8.00. The van der Waals surface area contributed by atoms with Crippen LogP contribution in [0.2, 0.25) is 0 Å². The van der Waals surface area contributed by atoms with Gasteiger partial charge in [0.15, 0.2) is 0 Å². The van der Waals surface area contributed by atoms with Gasteiger partial charge in [-0.1, -0.05) is 31.7 Å². The van der Waals surface area contributed by atoms with Gasteiger partial charge in [-0.05, 0) is 24.3 Å². The second kappa shape index (κ2) is 8.13. The number of H-pyrrole nitrogens is 1. The van der Waals surface area contributed by atoms with E-state index >= 15 is 0 Å². The summed E-state index contributed by atoms with van der Waals surface area (Å²) in [5.41, 5.74) is 0.234. The van der Waals surface area contributed by atoms with Crippen LogP contribution in [-0.2, 0) is 4.79 Å². The topological polar surface area (TPSA) is 98.6 Å². The van der Waals surface area contributed by atoms with E-state index in [9.17, 15) is 14.9 Å². The average molecular weight is 362 g/mol. The van der Waals surface area contributed by atoms with Crippen LogP contribution in [0.25, 0.3) is 0 Å². The third-order valence-electron chi connectivity index (χ3n) is 3.37. The number of nitrogens with zero attached hydrogens (tertiary/aromatic N) is 2. The number of hydrogen-bond acceptors (Lipinski definition) is 6. The Bertz CT molecular complexity index is 806. The van der Waals surface area contributed by atoms with Gasteiger partial charge in [0.1, 0.15) is 16.7 Å². The van der Waals surface area contributed by atoms with E-state index in [4.69, 9.17) is 0 Å². The van der Waals surface area contributed by atoms with Crippen molar-refractivity contribution < 1.29 is 4.79 Å². The van der Waals surface area contributed by atoms with E-state index in [2.05, 4.69) is 15.3 Å². The molecule has 0 aliphatic carbocycles. The maximum Gasteiger partial charge on any atom is 0.346 e. The monoisotopic (exact) mass is 362 g/mol. The van der Waals surface area contributed by atoms with Gasteiger partial charge in [0.2, 0.25) is 5.91 Å². The first-order chi connectivity index (χ1) is 11.4. The summed E-state index contributed by atoms with van der Waals surface area (Å²) in [5.74, 6) is 0.196. The number of hydrogen-bond donors (Lipinski definition) is 2. The Morgan fingerprint density at radius 1 is 1.54 bits per heavy atom. The Morgan fingerprint density at radius 2 is 2.29 bits per heavy atom. The van der Waals surface area contributed by atoms with E-state index in [1.807, 2.05) is 37.4 Å². The molecule has 2 rings (SSSR count). The van der Waals surface area contributed by atoms with Crippen molar-refractivity contribution in [2.75, 3.05) is 5.75 Å². The highest BCUT2D eigenvalue weighted by Gasteiger charge is 2.20. The van der Waals surface area contributed by atoms with E-state index in [1.54, 1.807) is 18.3 Å². The molecule has 6 nitrogen and oxygen atoms in total. The maximum absolute atomic E-state index is 12.3. The van der Waals surface area contributed by atoms with Crippen LogP contribution < -0.4 is 11.0 Å². The summed E-state index contributed by atoms with van der Waals surface area (Å²) in [6.45, 7) is 5.73. The molecule has 24 heavy (non-hydrogen) atoms. The number of carbonyl (C=O) groups is 1. The fourth-order valence-electron chi connectivity index (χ4n) is 2.18. The zero-order chi connectivity index (χ0) is 17.7. The lowest BCUT2D eigenvalue weighted by atomic mass is 10.0. The summed E-state index contributed by atoms with van der Waals surface area (Å²) in [5, 5.41) is 14.4. The molecule has 2 aromatic rings. The third-order valence-corrected chi connectivity index (χ3v) is 5.30. The lowest BCUT2D eigenvalue weighted by molar-refractivity contribution is -0.119. The fraction of sp³-hybridized carbons (Fsp3) is 0.375. The van der Waals surface area contributed by atoms with E-state index in [1.165, 1.54) is 0 Å². The highest BCUT2D eigenvalue weighted by Crippen LogP contribution is 2.26. The number of rotatable bonds is 6. The second-order valence-electron chi connectivity index (χ2n) is 5.55. The quantitative estimate of drug-likeness (QED) is 0.608. The molecule has 126 valence electrons. The Labute approximate surface area is 148 Å². The van der Waals surface area contributed by atoms with Gasteiger partial charge >= 0.3 is 5.69 Å². The Morgan fingerprint density at radius 3 is 2.88 bits per heavy atom. The molecule has 2 aromatic heterocycles. The first-order valence-corrected chi connectivity index (χ1v) is 9.25. The summed E-state index contributed by atoms with van der Waals surface area (Å²) < 4.78 is 0. The molecular weight excluding hydrogens is 344 g/mol. The molecular formula is C16H18N4O2S2. The number of thiophene rings is 1. The molecule has 0 aliphatic rings. The Balaban J connectivity index is 2.06. The van der Waals surface area contributed by atoms with Crippen LogP contribution in [0, 0.1) is 24.2 Å². The lowest BCUT2D eigenvalue weighted by Crippen LogP contribution is -2.32. The van der Waals surface area contributed by atoms with E-state index in [-0.39, 0.29) is 28.6 Å². The van der Waals surface area contributed by atoms with Crippen molar-refractivity contribution in [2.45, 2.75) is 31.8 Å². The smallest absolute Gasteiger partial charge is 0.346 e. The SMILES string of the molecule is Cc1[nH]c(=O)nc(SCC(=O)NC(c2cccs2)C(C)C)c1C#N. The van der Waals surface area contributed by atoms with Gasteiger partial charge < -0.3 is 10.3 Å². The van der Waals surface area contributed by atoms with Gasteiger partial charge in [-0.15, -0.1) is 11.3 Å². The number of nitrogens with one attached hydrogen (secondary N) is 2. The first kappa shape index (κ1) is 18.2. The lowest BCUT2D eigenvalue weighted by Gasteiger charge is -2.21. The van der Waals surface area contributed by atoms with Crippen molar-refractivity contribution in [2.24, 2.45) is 5.92 Å². The molecule has 0 bridgehead atoms. The molecule has 1 amide bonds. The normalized spacial score (nSPS) is 12.0. The molecule has 0 saturated carbocycles. The standard InChI is InChI=1S/C16H18N4O2S2/c1-9(2)14(12-5-4-6-23-12)19-13(21)8-24-15-11(7-17)10(3)18-16(22)20-15/h4-6,9,14H,8H2,1-3H3,(H,19,21)(H,18,20,22). The second-order valence-corrected chi connectivity index (χ2v) is 7.50. The average Bonchev–Trinajstić information content (AvgIpc) is 3.03. The van der Waals surface area contributed by atoms with Crippen LogP contribution in [-0.4, -0.2) is 21.6 Å². The number of aromatic amines is 1. The number of amides is 1. The number of aryl methyl sites for hydroxylation is 1. The maximum atomic E-state index is 12.3. The molecule has 0 saturated heterocycles. The summed E-state index contributed by atoms with van der Waals surface area (Å²) in [4.78, 5) is 31.1. The minimum absolute atomic E-state index is 0.0533. The van der Waals surface area contributed by atoms with Gasteiger partial charge in [0.05, 0.1) is 11.8 Å². The van der Waals surface area contributed by atoms with E-state index in [0.717, 1.165) is 16.6 Å².